The van der Waals surface area contributed by atoms with Gasteiger partial charge in [-0.15, -0.1) is 0 Å². The lowest BCUT2D eigenvalue weighted by atomic mass is 10.4. The number of imidazole rings is 1. The SMILES string of the molecule is CC(C)n1cnc2c(=O)n(I)c(N)nc21. The first kappa shape index (κ1) is 10.4. The Balaban J connectivity index is 2.90. The van der Waals surface area contributed by atoms with Crippen molar-refractivity contribution in [3.63, 3.8) is 0 Å². The third kappa shape index (κ3) is 1.50. The van der Waals surface area contributed by atoms with Gasteiger partial charge in [-0.25, -0.2) is 7.76 Å². The van der Waals surface area contributed by atoms with E-state index in [4.69, 9.17) is 5.73 Å². The predicted molar refractivity (Wildman–Crippen MR) is 66.0 cm³/mol. The van der Waals surface area contributed by atoms with E-state index in [0.717, 1.165) is 0 Å². The fourth-order valence-electron chi connectivity index (χ4n) is 1.34. The molecule has 0 spiro atoms. The molecule has 7 heteroatoms. The Morgan fingerprint density at radius 3 is 2.80 bits per heavy atom. The van der Waals surface area contributed by atoms with E-state index < -0.39 is 0 Å². The molecule has 0 unspecified atom stereocenters. The molecular formula is C8H10IN5O. The minimum Gasteiger partial charge on any atom is -0.368 e. The fraction of sp³-hybridized carbons (Fsp3) is 0.375. The number of nitrogen functional groups attached to an aromatic ring is 1. The number of fused-ring (bicyclic) bond motifs is 1. The van der Waals surface area contributed by atoms with Gasteiger partial charge in [-0.1, -0.05) is 0 Å². The Hall–Kier alpha value is -1.12. The van der Waals surface area contributed by atoms with E-state index in [1.165, 1.54) is 2.78 Å². The van der Waals surface area contributed by atoms with Gasteiger partial charge in [0.2, 0.25) is 5.95 Å². The van der Waals surface area contributed by atoms with E-state index in [-0.39, 0.29) is 17.5 Å². The molecular weight excluding hydrogens is 309 g/mol. The zero-order valence-corrected chi connectivity index (χ0v) is 10.5. The van der Waals surface area contributed by atoms with E-state index in [9.17, 15) is 4.79 Å². The standard InChI is InChI=1S/C8H10IN5O/c1-4(2)13-3-11-5-6(13)12-8(10)14(9)7(5)15/h3-4H,1-2H3,(H2,10,12). The number of nitrogens with zero attached hydrogens (tertiary/aromatic N) is 4. The molecule has 0 aliphatic carbocycles. The van der Waals surface area contributed by atoms with Crippen molar-refractivity contribution >= 4 is 40.0 Å². The van der Waals surface area contributed by atoms with Gasteiger partial charge >= 0.3 is 0 Å². The highest BCUT2D eigenvalue weighted by atomic mass is 127. The van der Waals surface area contributed by atoms with Gasteiger partial charge in [0.25, 0.3) is 5.56 Å². The summed E-state index contributed by atoms with van der Waals surface area (Å²) in [5, 5.41) is 0. The maximum atomic E-state index is 11.7. The normalized spacial score (nSPS) is 11.5. The third-order valence-electron chi connectivity index (χ3n) is 2.13. The molecule has 0 aromatic carbocycles. The van der Waals surface area contributed by atoms with Crippen molar-refractivity contribution < 1.29 is 0 Å². The van der Waals surface area contributed by atoms with Crippen LogP contribution in [-0.4, -0.2) is 17.3 Å². The summed E-state index contributed by atoms with van der Waals surface area (Å²) >= 11 is 1.81. The lowest BCUT2D eigenvalue weighted by Gasteiger charge is -2.07. The summed E-state index contributed by atoms with van der Waals surface area (Å²) in [5.41, 5.74) is 6.29. The fourth-order valence-corrected chi connectivity index (χ4v) is 1.68. The molecule has 0 atom stereocenters. The molecule has 0 saturated carbocycles. The Labute approximate surface area is 99.6 Å². The molecule has 6 nitrogen and oxygen atoms in total. The summed E-state index contributed by atoms with van der Waals surface area (Å²) in [7, 11) is 0. The summed E-state index contributed by atoms with van der Waals surface area (Å²) in [6, 6.07) is 0.200. The first-order valence-corrected chi connectivity index (χ1v) is 5.40. The smallest absolute Gasteiger partial charge is 0.292 e. The molecule has 0 fully saturated rings. The van der Waals surface area contributed by atoms with Gasteiger partial charge < -0.3 is 10.3 Å². The predicted octanol–water partition coefficient (Wildman–Crippen LogP) is 0.954. The van der Waals surface area contributed by atoms with Crippen LogP contribution in [0.25, 0.3) is 11.2 Å². The van der Waals surface area contributed by atoms with Crippen molar-refractivity contribution in [1.29, 1.82) is 0 Å². The van der Waals surface area contributed by atoms with Crippen molar-refractivity contribution in [2.24, 2.45) is 0 Å². The van der Waals surface area contributed by atoms with Gasteiger partial charge in [-0.3, -0.25) is 4.79 Å². The van der Waals surface area contributed by atoms with E-state index in [1.807, 2.05) is 41.3 Å². The topological polar surface area (TPSA) is 78.7 Å². The molecule has 0 radical (unpaired) electrons. The molecule has 2 rings (SSSR count). The number of nitrogens with two attached hydrogens (primary N) is 1. The van der Waals surface area contributed by atoms with Crippen LogP contribution in [0.2, 0.25) is 0 Å². The highest BCUT2D eigenvalue weighted by molar-refractivity contribution is 14.1. The molecule has 2 N–H and O–H groups in total. The molecule has 0 bridgehead atoms. The van der Waals surface area contributed by atoms with Crippen LogP contribution >= 0.6 is 22.9 Å². The van der Waals surface area contributed by atoms with Gasteiger partial charge in [0, 0.05) is 6.04 Å². The molecule has 0 aliphatic rings. The van der Waals surface area contributed by atoms with E-state index >= 15 is 0 Å². The van der Waals surface area contributed by atoms with Crippen LogP contribution in [0.3, 0.4) is 0 Å². The van der Waals surface area contributed by atoms with Crippen LogP contribution in [0, 0.1) is 0 Å². The maximum Gasteiger partial charge on any atom is 0.292 e. The first-order chi connectivity index (χ1) is 7.02. The minimum atomic E-state index is -0.225. The van der Waals surface area contributed by atoms with Crippen LogP contribution < -0.4 is 11.3 Å². The van der Waals surface area contributed by atoms with Gasteiger partial charge in [-0.2, -0.15) is 4.98 Å². The van der Waals surface area contributed by atoms with Gasteiger partial charge in [0.1, 0.15) is 0 Å². The van der Waals surface area contributed by atoms with Crippen LogP contribution in [0.15, 0.2) is 11.1 Å². The van der Waals surface area contributed by atoms with E-state index in [2.05, 4.69) is 9.97 Å². The number of aromatic nitrogens is 4. The summed E-state index contributed by atoms with van der Waals surface area (Å²) in [4.78, 5) is 19.9. The zero-order valence-electron chi connectivity index (χ0n) is 8.31. The highest BCUT2D eigenvalue weighted by Gasteiger charge is 2.13. The van der Waals surface area contributed by atoms with Gasteiger partial charge in [-0.05, 0) is 13.8 Å². The quantitative estimate of drug-likeness (QED) is 0.794. The van der Waals surface area contributed by atoms with Crippen molar-refractivity contribution in [3.05, 3.63) is 16.7 Å². The number of hydrogen-bond acceptors (Lipinski definition) is 4. The monoisotopic (exact) mass is 319 g/mol. The number of hydrogen-bond donors (Lipinski definition) is 1. The Morgan fingerprint density at radius 2 is 2.20 bits per heavy atom. The van der Waals surface area contributed by atoms with Crippen LogP contribution in [0.1, 0.15) is 19.9 Å². The molecule has 0 saturated heterocycles. The second-order valence-corrected chi connectivity index (χ2v) is 4.44. The third-order valence-corrected chi connectivity index (χ3v) is 3.06. The molecule has 0 amide bonds. The van der Waals surface area contributed by atoms with Crippen LogP contribution in [0.5, 0.6) is 0 Å². The first-order valence-electron chi connectivity index (χ1n) is 4.43. The summed E-state index contributed by atoms with van der Waals surface area (Å²) in [5.74, 6) is 0.190. The van der Waals surface area contributed by atoms with Crippen LogP contribution in [-0.2, 0) is 0 Å². The summed E-state index contributed by atoms with van der Waals surface area (Å²) in [6.07, 6.45) is 1.61. The second kappa shape index (κ2) is 3.47. The lowest BCUT2D eigenvalue weighted by molar-refractivity contribution is 0.613. The molecule has 2 aromatic rings. The van der Waals surface area contributed by atoms with Crippen LogP contribution in [0.4, 0.5) is 5.95 Å². The van der Waals surface area contributed by atoms with Crippen molar-refractivity contribution in [2.75, 3.05) is 5.73 Å². The number of anilines is 1. The average molecular weight is 319 g/mol. The Bertz CT molecular complexity index is 570. The zero-order chi connectivity index (χ0) is 11.2. The molecule has 0 aliphatic heterocycles. The largest absolute Gasteiger partial charge is 0.368 e. The van der Waals surface area contributed by atoms with E-state index in [1.54, 1.807) is 6.33 Å². The molecule has 2 heterocycles. The highest BCUT2D eigenvalue weighted by Crippen LogP contribution is 2.14. The number of rotatable bonds is 1. The molecule has 2 aromatic heterocycles. The Morgan fingerprint density at radius 1 is 1.53 bits per heavy atom. The second-order valence-electron chi connectivity index (χ2n) is 3.47. The van der Waals surface area contributed by atoms with E-state index in [0.29, 0.717) is 11.2 Å². The van der Waals surface area contributed by atoms with Gasteiger partial charge in [0.15, 0.2) is 11.2 Å². The minimum absolute atomic E-state index is 0.190. The summed E-state index contributed by atoms with van der Waals surface area (Å²) in [6.45, 7) is 3.99. The Kier molecular flexibility index (Phi) is 2.41. The van der Waals surface area contributed by atoms with Crippen molar-refractivity contribution in [2.45, 2.75) is 19.9 Å². The lowest BCUT2D eigenvalue weighted by Crippen LogP contribution is -2.18. The molecule has 80 valence electrons. The van der Waals surface area contributed by atoms with Gasteiger partial charge in [0.05, 0.1) is 29.2 Å². The maximum absolute atomic E-state index is 11.7. The average Bonchev–Trinajstić information content (AvgIpc) is 2.58. The number of halogens is 1. The van der Waals surface area contributed by atoms with Crippen molar-refractivity contribution in [1.82, 2.24) is 17.3 Å². The van der Waals surface area contributed by atoms with Crippen molar-refractivity contribution in [3.8, 4) is 0 Å². The molecule has 15 heavy (non-hydrogen) atoms. The summed E-state index contributed by atoms with van der Waals surface area (Å²) < 4.78 is 3.08.